The molecule has 0 spiro atoms. The molecule has 33 heavy (non-hydrogen) atoms. The van der Waals surface area contributed by atoms with E-state index in [1.54, 1.807) is 18.2 Å². The predicted octanol–water partition coefficient (Wildman–Crippen LogP) is 3.32. The molecule has 2 N–H and O–H groups in total. The summed E-state index contributed by atoms with van der Waals surface area (Å²) in [6.07, 6.45) is -0.797. The van der Waals surface area contributed by atoms with Gasteiger partial charge in [-0.25, -0.2) is 4.98 Å². The molecule has 1 heterocycles. The zero-order valence-corrected chi connectivity index (χ0v) is 19.7. The van der Waals surface area contributed by atoms with Gasteiger partial charge in [0.1, 0.15) is 23.5 Å². The van der Waals surface area contributed by atoms with Crippen molar-refractivity contribution in [1.82, 2.24) is 10.3 Å². The van der Waals surface area contributed by atoms with Crippen LogP contribution in [0.15, 0.2) is 47.8 Å². The molecule has 0 fully saturated rings. The minimum Gasteiger partial charge on any atom is -0.493 e. The summed E-state index contributed by atoms with van der Waals surface area (Å²) in [6.45, 7) is 2.50. The number of hydrogen-bond acceptors (Lipinski definition) is 8. The second-order valence-electron chi connectivity index (χ2n) is 7.01. The number of thiazole rings is 1. The van der Waals surface area contributed by atoms with Crippen LogP contribution < -0.4 is 24.3 Å². The van der Waals surface area contributed by atoms with E-state index in [-0.39, 0.29) is 25.5 Å². The van der Waals surface area contributed by atoms with E-state index < -0.39 is 6.10 Å². The van der Waals surface area contributed by atoms with E-state index >= 15 is 0 Å². The summed E-state index contributed by atoms with van der Waals surface area (Å²) < 4.78 is 21.9. The average Bonchev–Trinajstić information content (AvgIpc) is 3.29. The Bertz CT molecular complexity index is 1030. The lowest BCUT2D eigenvalue weighted by molar-refractivity contribution is -0.121. The molecule has 0 saturated carbocycles. The second kappa shape index (κ2) is 12.1. The molecule has 0 bridgehead atoms. The monoisotopic (exact) mass is 472 g/mol. The van der Waals surface area contributed by atoms with E-state index in [1.165, 1.54) is 25.6 Å². The molecule has 2 aromatic carbocycles. The van der Waals surface area contributed by atoms with Gasteiger partial charge in [-0.3, -0.25) is 4.79 Å². The molecular weight excluding hydrogens is 444 g/mol. The van der Waals surface area contributed by atoms with Gasteiger partial charge >= 0.3 is 0 Å². The van der Waals surface area contributed by atoms with Crippen molar-refractivity contribution in [3.05, 3.63) is 53.5 Å². The van der Waals surface area contributed by atoms with Gasteiger partial charge < -0.3 is 29.4 Å². The normalized spacial score (nSPS) is 11.5. The molecule has 1 atom stereocenters. The van der Waals surface area contributed by atoms with Crippen molar-refractivity contribution in [2.24, 2.45) is 0 Å². The molecule has 1 unspecified atom stereocenters. The van der Waals surface area contributed by atoms with Crippen molar-refractivity contribution in [2.45, 2.75) is 19.4 Å². The van der Waals surface area contributed by atoms with Crippen molar-refractivity contribution in [2.75, 3.05) is 34.0 Å². The zero-order chi connectivity index (χ0) is 23.6. The van der Waals surface area contributed by atoms with Crippen LogP contribution in [0.4, 0.5) is 0 Å². The summed E-state index contributed by atoms with van der Waals surface area (Å²) >= 11 is 1.46. The highest BCUT2D eigenvalue weighted by Crippen LogP contribution is 2.36. The van der Waals surface area contributed by atoms with Crippen LogP contribution >= 0.6 is 11.3 Å². The van der Waals surface area contributed by atoms with Crippen molar-refractivity contribution in [1.29, 1.82) is 0 Å². The highest BCUT2D eigenvalue weighted by atomic mass is 32.1. The van der Waals surface area contributed by atoms with Crippen molar-refractivity contribution >= 4 is 17.2 Å². The van der Waals surface area contributed by atoms with E-state index in [0.717, 1.165) is 16.3 Å². The summed E-state index contributed by atoms with van der Waals surface area (Å²) in [4.78, 5) is 16.9. The van der Waals surface area contributed by atoms with Crippen LogP contribution in [-0.2, 0) is 11.2 Å². The smallest absolute Gasteiger partial charge is 0.226 e. The first kappa shape index (κ1) is 24.3. The minimum atomic E-state index is -0.910. The minimum absolute atomic E-state index is 0.0356. The summed E-state index contributed by atoms with van der Waals surface area (Å²) in [5.74, 6) is 1.92. The fraction of sp³-hybridized carbons (Fsp3) is 0.333. The first-order valence-electron chi connectivity index (χ1n) is 10.5. The summed E-state index contributed by atoms with van der Waals surface area (Å²) in [6, 6.07) is 12.9. The van der Waals surface area contributed by atoms with Crippen molar-refractivity contribution in [3.8, 4) is 33.6 Å². The molecule has 1 aromatic heterocycles. The van der Waals surface area contributed by atoms with E-state index in [9.17, 15) is 9.90 Å². The van der Waals surface area contributed by atoms with Crippen molar-refractivity contribution < 1.29 is 28.8 Å². The first-order chi connectivity index (χ1) is 16.0. The molecule has 3 rings (SSSR count). The Morgan fingerprint density at radius 3 is 2.45 bits per heavy atom. The SMILES string of the molecule is CCOc1ccccc1-c1nc(CC(=O)NCC(O)COc2c(OC)cccc2OC)cs1. The van der Waals surface area contributed by atoms with Gasteiger partial charge in [0.25, 0.3) is 0 Å². The zero-order valence-electron chi connectivity index (χ0n) is 18.9. The third-order valence-corrected chi connectivity index (χ3v) is 5.57. The predicted molar refractivity (Wildman–Crippen MR) is 126 cm³/mol. The number of aromatic nitrogens is 1. The molecule has 9 heteroatoms. The topological polar surface area (TPSA) is 99.1 Å². The molecular formula is C24H28N2O6S. The van der Waals surface area contributed by atoms with Crippen LogP contribution in [0.25, 0.3) is 10.6 Å². The largest absolute Gasteiger partial charge is 0.493 e. The van der Waals surface area contributed by atoms with E-state index in [1.807, 2.05) is 36.6 Å². The number of carbonyl (C=O) groups excluding carboxylic acids is 1. The quantitative estimate of drug-likeness (QED) is 0.417. The van der Waals surface area contributed by atoms with E-state index in [4.69, 9.17) is 18.9 Å². The van der Waals surface area contributed by atoms with Crippen LogP contribution in [-0.4, -0.2) is 56.1 Å². The summed E-state index contributed by atoms with van der Waals surface area (Å²) in [7, 11) is 3.05. The Hall–Kier alpha value is -3.30. The number of aliphatic hydroxyl groups excluding tert-OH is 1. The summed E-state index contributed by atoms with van der Waals surface area (Å²) in [5.41, 5.74) is 1.55. The van der Waals surface area contributed by atoms with Gasteiger partial charge in [-0.15, -0.1) is 11.3 Å². The molecule has 0 radical (unpaired) electrons. The maximum atomic E-state index is 12.3. The highest BCUT2D eigenvalue weighted by Gasteiger charge is 2.16. The molecule has 0 aliphatic heterocycles. The number of benzene rings is 2. The standard InChI is InChI=1S/C24H28N2O6S/c1-4-31-19-9-6-5-8-18(19)24-26-16(15-33-24)12-22(28)25-13-17(27)14-32-23-20(29-2)10-7-11-21(23)30-3/h5-11,15,17,27H,4,12-14H2,1-3H3,(H,25,28). The lowest BCUT2D eigenvalue weighted by Gasteiger charge is -2.17. The number of carbonyl (C=O) groups is 1. The highest BCUT2D eigenvalue weighted by molar-refractivity contribution is 7.13. The maximum absolute atomic E-state index is 12.3. The van der Waals surface area contributed by atoms with Gasteiger partial charge in [0.15, 0.2) is 11.5 Å². The first-order valence-corrected chi connectivity index (χ1v) is 11.4. The molecule has 176 valence electrons. The van der Waals surface area contributed by atoms with Gasteiger partial charge in [0, 0.05) is 11.9 Å². The van der Waals surface area contributed by atoms with Crippen LogP contribution in [0, 0.1) is 0 Å². The number of rotatable bonds is 12. The van der Waals surface area contributed by atoms with Gasteiger partial charge in [-0.1, -0.05) is 18.2 Å². The lowest BCUT2D eigenvalue weighted by atomic mass is 10.2. The lowest BCUT2D eigenvalue weighted by Crippen LogP contribution is -2.36. The van der Waals surface area contributed by atoms with Crippen molar-refractivity contribution in [3.63, 3.8) is 0 Å². The van der Waals surface area contributed by atoms with Gasteiger partial charge in [-0.2, -0.15) is 0 Å². The molecule has 3 aromatic rings. The molecule has 0 aliphatic carbocycles. The third kappa shape index (κ3) is 6.59. The van der Waals surface area contributed by atoms with Crippen LogP contribution in [0.5, 0.6) is 23.0 Å². The molecule has 0 saturated heterocycles. The molecule has 0 aliphatic rings. The van der Waals surface area contributed by atoms with E-state index in [0.29, 0.717) is 29.5 Å². The van der Waals surface area contributed by atoms with Gasteiger partial charge in [0.2, 0.25) is 11.7 Å². The van der Waals surface area contributed by atoms with Crippen LogP contribution in [0.1, 0.15) is 12.6 Å². The Labute approximate surface area is 197 Å². The molecule has 1 amide bonds. The number of ether oxygens (including phenoxy) is 4. The Morgan fingerprint density at radius 2 is 1.76 bits per heavy atom. The maximum Gasteiger partial charge on any atom is 0.226 e. The fourth-order valence-corrected chi connectivity index (χ4v) is 3.94. The number of nitrogens with one attached hydrogen (secondary N) is 1. The average molecular weight is 473 g/mol. The van der Waals surface area contributed by atoms with Gasteiger partial charge in [0.05, 0.1) is 38.5 Å². The summed E-state index contributed by atoms with van der Waals surface area (Å²) in [5, 5.41) is 15.6. The van der Waals surface area contributed by atoms with Crippen LogP contribution in [0.3, 0.4) is 0 Å². The second-order valence-corrected chi connectivity index (χ2v) is 7.87. The fourth-order valence-electron chi connectivity index (χ4n) is 3.09. The number of amides is 1. The number of methoxy groups -OCH3 is 2. The Morgan fingerprint density at radius 1 is 1.06 bits per heavy atom. The number of para-hydroxylation sites is 2. The third-order valence-electron chi connectivity index (χ3n) is 4.65. The number of nitrogens with zero attached hydrogens (tertiary/aromatic N) is 1. The van der Waals surface area contributed by atoms with Crippen LogP contribution in [0.2, 0.25) is 0 Å². The Kier molecular flexibility index (Phi) is 8.91. The molecule has 8 nitrogen and oxygen atoms in total. The number of hydrogen-bond donors (Lipinski definition) is 2. The van der Waals surface area contributed by atoms with E-state index in [2.05, 4.69) is 10.3 Å². The Balaban J connectivity index is 1.50. The number of aliphatic hydroxyl groups is 1. The van der Waals surface area contributed by atoms with Gasteiger partial charge in [-0.05, 0) is 31.2 Å².